The fraction of sp³-hybridized carbons (Fsp3) is 0.200. The summed E-state index contributed by atoms with van der Waals surface area (Å²) in [5, 5.41) is 8.94. The van der Waals surface area contributed by atoms with E-state index < -0.39 is 0 Å². The Balaban J connectivity index is 2.41. The third-order valence-electron chi connectivity index (χ3n) is 2.80. The smallest absolute Gasteiger partial charge is 0.0480 e. The normalized spacial score (nSPS) is 10.5. The number of halogens is 1. The van der Waals surface area contributed by atoms with Crippen LogP contribution in [0.1, 0.15) is 11.1 Å². The van der Waals surface area contributed by atoms with Gasteiger partial charge < -0.3 is 5.11 Å². The predicted molar refractivity (Wildman–Crippen MR) is 72.2 cm³/mol. The molecule has 0 spiro atoms. The predicted octanol–water partition coefficient (Wildman–Crippen LogP) is 3.63. The first-order chi connectivity index (χ1) is 8.35. The van der Waals surface area contributed by atoms with E-state index in [1.54, 1.807) is 0 Å². The summed E-state index contributed by atoms with van der Waals surface area (Å²) in [4.78, 5) is 0. The van der Waals surface area contributed by atoms with Crippen molar-refractivity contribution in [2.45, 2.75) is 12.3 Å². The maximum atomic E-state index is 8.94. The average molecular weight is 247 g/mol. The molecule has 2 aromatic rings. The van der Waals surface area contributed by atoms with Crippen molar-refractivity contribution in [1.82, 2.24) is 0 Å². The molecular formula is C15H15ClO. The van der Waals surface area contributed by atoms with Gasteiger partial charge in [-0.3, -0.25) is 0 Å². The minimum atomic E-state index is 0.173. The fourth-order valence-electron chi connectivity index (χ4n) is 1.94. The molecule has 17 heavy (non-hydrogen) atoms. The van der Waals surface area contributed by atoms with Gasteiger partial charge in [-0.05, 0) is 28.7 Å². The molecule has 2 heteroatoms. The zero-order valence-corrected chi connectivity index (χ0v) is 10.3. The van der Waals surface area contributed by atoms with Crippen LogP contribution in [0.15, 0.2) is 48.5 Å². The molecule has 0 unspecified atom stereocenters. The number of benzene rings is 2. The van der Waals surface area contributed by atoms with Crippen molar-refractivity contribution in [3.8, 4) is 11.1 Å². The maximum absolute atomic E-state index is 8.94. The monoisotopic (exact) mass is 246 g/mol. The zero-order chi connectivity index (χ0) is 12.1. The minimum absolute atomic E-state index is 0.173. The molecule has 1 N–H and O–H groups in total. The van der Waals surface area contributed by atoms with Crippen molar-refractivity contribution in [1.29, 1.82) is 0 Å². The van der Waals surface area contributed by atoms with Gasteiger partial charge in [0.25, 0.3) is 0 Å². The van der Waals surface area contributed by atoms with E-state index in [4.69, 9.17) is 16.7 Å². The van der Waals surface area contributed by atoms with Gasteiger partial charge in [-0.2, -0.15) is 0 Å². The van der Waals surface area contributed by atoms with Crippen LogP contribution in [0.3, 0.4) is 0 Å². The van der Waals surface area contributed by atoms with E-state index in [1.807, 2.05) is 18.2 Å². The number of rotatable bonds is 4. The highest BCUT2D eigenvalue weighted by molar-refractivity contribution is 6.17. The van der Waals surface area contributed by atoms with Gasteiger partial charge in [0, 0.05) is 12.5 Å². The maximum Gasteiger partial charge on any atom is 0.0480 e. The zero-order valence-electron chi connectivity index (χ0n) is 9.57. The molecule has 0 radical (unpaired) electrons. The van der Waals surface area contributed by atoms with Crippen LogP contribution in [-0.2, 0) is 12.3 Å². The van der Waals surface area contributed by atoms with Crippen LogP contribution in [-0.4, -0.2) is 11.7 Å². The third-order valence-corrected chi connectivity index (χ3v) is 3.09. The molecule has 0 aliphatic rings. The summed E-state index contributed by atoms with van der Waals surface area (Å²) < 4.78 is 0. The van der Waals surface area contributed by atoms with Gasteiger partial charge in [0.05, 0.1) is 0 Å². The van der Waals surface area contributed by atoms with E-state index in [0.717, 1.165) is 11.1 Å². The van der Waals surface area contributed by atoms with Gasteiger partial charge in [-0.25, -0.2) is 0 Å². The van der Waals surface area contributed by atoms with Gasteiger partial charge in [-0.15, -0.1) is 11.6 Å². The molecule has 0 fully saturated rings. The Labute approximate surface area is 107 Å². The Kier molecular flexibility index (Phi) is 4.18. The van der Waals surface area contributed by atoms with E-state index in [1.165, 1.54) is 11.1 Å². The van der Waals surface area contributed by atoms with Crippen LogP contribution in [0, 0.1) is 0 Å². The lowest BCUT2D eigenvalue weighted by atomic mass is 9.97. The molecule has 0 saturated heterocycles. The molecule has 88 valence electrons. The molecule has 0 aromatic heterocycles. The third kappa shape index (κ3) is 2.87. The molecule has 0 amide bonds. The highest BCUT2D eigenvalue weighted by atomic mass is 35.5. The van der Waals surface area contributed by atoms with E-state index in [2.05, 4.69) is 30.3 Å². The van der Waals surface area contributed by atoms with Gasteiger partial charge in [0.2, 0.25) is 0 Å². The van der Waals surface area contributed by atoms with E-state index in [9.17, 15) is 0 Å². The van der Waals surface area contributed by atoms with Crippen molar-refractivity contribution in [2.24, 2.45) is 0 Å². The number of hydrogen-bond donors (Lipinski definition) is 1. The molecule has 0 saturated carbocycles. The lowest BCUT2D eigenvalue weighted by molar-refractivity contribution is 0.299. The molecule has 0 bridgehead atoms. The van der Waals surface area contributed by atoms with E-state index >= 15 is 0 Å². The van der Waals surface area contributed by atoms with Crippen molar-refractivity contribution < 1.29 is 5.11 Å². The van der Waals surface area contributed by atoms with Gasteiger partial charge in [0.15, 0.2) is 0 Å². The standard InChI is InChI=1S/C15H15ClO/c16-11-14-10-12(8-9-17)6-7-15(14)13-4-2-1-3-5-13/h1-7,10,17H,8-9,11H2. The Morgan fingerprint density at radius 2 is 1.76 bits per heavy atom. The summed E-state index contributed by atoms with van der Waals surface area (Å²) in [6.45, 7) is 0.173. The largest absolute Gasteiger partial charge is 0.396 e. The van der Waals surface area contributed by atoms with Crippen LogP contribution in [0.25, 0.3) is 11.1 Å². The quantitative estimate of drug-likeness (QED) is 0.817. The second kappa shape index (κ2) is 5.85. The molecule has 0 aliphatic carbocycles. The van der Waals surface area contributed by atoms with Crippen LogP contribution < -0.4 is 0 Å². The summed E-state index contributed by atoms with van der Waals surface area (Å²) in [5.74, 6) is 0.490. The number of hydrogen-bond acceptors (Lipinski definition) is 1. The number of alkyl halides is 1. The fourth-order valence-corrected chi connectivity index (χ4v) is 2.16. The van der Waals surface area contributed by atoms with Crippen molar-refractivity contribution in [2.75, 3.05) is 6.61 Å². The summed E-state index contributed by atoms with van der Waals surface area (Å²) in [5.41, 5.74) is 4.59. The first-order valence-corrected chi connectivity index (χ1v) is 6.22. The molecule has 0 atom stereocenters. The van der Waals surface area contributed by atoms with Gasteiger partial charge in [-0.1, -0.05) is 48.5 Å². The van der Waals surface area contributed by atoms with Crippen LogP contribution in [0.2, 0.25) is 0 Å². The van der Waals surface area contributed by atoms with E-state index in [-0.39, 0.29) is 6.61 Å². The average Bonchev–Trinajstić information content (AvgIpc) is 2.40. The summed E-state index contributed by atoms with van der Waals surface area (Å²) >= 11 is 5.99. The number of aliphatic hydroxyl groups is 1. The molecule has 2 rings (SSSR count). The Morgan fingerprint density at radius 1 is 1.00 bits per heavy atom. The second-order valence-electron chi connectivity index (χ2n) is 3.96. The Morgan fingerprint density at radius 3 is 2.41 bits per heavy atom. The first kappa shape index (κ1) is 12.2. The highest BCUT2D eigenvalue weighted by Gasteiger charge is 2.05. The highest BCUT2D eigenvalue weighted by Crippen LogP contribution is 2.26. The Hall–Kier alpha value is -1.31. The van der Waals surface area contributed by atoms with Crippen molar-refractivity contribution in [3.05, 3.63) is 59.7 Å². The van der Waals surface area contributed by atoms with Crippen LogP contribution >= 0.6 is 11.6 Å². The lowest BCUT2D eigenvalue weighted by Crippen LogP contribution is -1.94. The Bertz CT molecular complexity index is 480. The molecule has 1 nitrogen and oxygen atoms in total. The van der Waals surface area contributed by atoms with Crippen molar-refractivity contribution in [3.63, 3.8) is 0 Å². The lowest BCUT2D eigenvalue weighted by Gasteiger charge is -2.09. The van der Waals surface area contributed by atoms with Crippen LogP contribution in [0.5, 0.6) is 0 Å². The summed E-state index contributed by atoms with van der Waals surface area (Å²) in [6, 6.07) is 16.4. The van der Waals surface area contributed by atoms with E-state index in [0.29, 0.717) is 12.3 Å². The summed E-state index contributed by atoms with van der Waals surface area (Å²) in [7, 11) is 0. The first-order valence-electron chi connectivity index (χ1n) is 5.69. The number of aliphatic hydroxyl groups excluding tert-OH is 1. The minimum Gasteiger partial charge on any atom is -0.396 e. The van der Waals surface area contributed by atoms with Crippen molar-refractivity contribution >= 4 is 11.6 Å². The molecule has 0 aliphatic heterocycles. The molecule has 0 heterocycles. The summed E-state index contributed by atoms with van der Waals surface area (Å²) in [6.07, 6.45) is 0.680. The molecular weight excluding hydrogens is 232 g/mol. The second-order valence-corrected chi connectivity index (χ2v) is 4.23. The van der Waals surface area contributed by atoms with Crippen LogP contribution in [0.4, 0.5) is 0 Å². The van der Waals surface area contributed by atoms with Gasteiger partial charge in [0.1, 0.15) is 0 Å². The molecule has 2 aromatic carbocycles. The van der Waals surface area contributed by atoms with Gasteiger partial charge >= 0.3 is 0 Å². The SMILES string of the molecule is OCCc1ccc(-c2ccccc2)c(CCl)c1. The topological polar surface area (TPSA) is 20.2 Å².